The summed E-state index contributed by atoms with van der Waals surface area (Å²) in [6, 6.07) is 6.31. The van der Waals surface area contributed by atoms with Crippen molar-refractivity contribution in [1.29, 1.82) is 0 Å². The van der Waals surface area contributed by atoms with Gasteiger partial charge in [0, 0.05) is 13.1 Å². The molecule has 0 unspecified atom stereocenters. The van der Waals surface area contributed by atoms with Crippen LogP contribution >= 0.6 is 0 Å². The Hall–Kier alpha value is -1.51. The molecule has 1 amide bonds. The lowest BCUT2D eigenvalue weighted by Gasteiger charge is -2.25. The molecule has 1 aromatic rings. The number of hydrogen-bond donors (Lipinski definition) is 0. The van der Waals surface area contributed by atoms with Gasteiger partial charge in [-0.15, -0.1) is 0 Å². The van der Waals surface area contributed by atoms with Gasteiger partial charge in [0.2, 0.25) is 0 Å². The number of amides is 1. The molecular formula is C18H27NO2. The molecule has 0 radical (unpaired) electrons. The summed E-state index contributed by atoms with van der Waals surface area (Å²) >= 11 is 0. The van der Waals surface area contributed by atoms with E-state index in [-0.39, 0.29) is 12.0 Å². The Morgan fingerprint density at radius 3 is 2.43 bits per heavy atom. The minimum Gasteiger partial charge on any atom is -0.481 e. The second-order valence-electron chi connectivity index (χ2n) is 5.66. The fraction of sp³-hybridized carbons (Fsp3) is 0.611. The number of carbonyl (C=O) groups excluding carboxylic acids is 1. The van der Waals surface area contributed by atoms with E-state index in [2.05, 4.69) is 12.1 Å². The number of aryl methyl sites for hydroxylation is 2. The number of nitrogens with zero attached hydrogens (tertiary/aromatic N) is 1. The van der Waals surface area contributed by atoms with Crippen LogP contribution in [0.25, 0.3) is 0 Å². The zero-order valence-corrected chi connectivity index (χ0v) is 13.5. The van der Waals surface area contributed by atoms with E-state index in [1.165, 1.54) is 30.4 Å². The molecule has 3 heteroatoms. The van der Waals surface area contributed by atoms with Crippen molar-refractivity contribution in [2.75, 3.05) is 13.1 Å². The van der Waals surface area contributed by atoms with E-state index >= 15 is 0 Å². The first-order valence-electron chi connectivity index (χ1n) is 8.26. The lowest BCUT2D eigenvalue weighted by molar-refractivity contribution is -0.138. The first-order chi connectivity index (χ1) is 10.2. The van der Waals surface area contributed by atoms with Crippen LogP contribution in [0, 0.1) is 0 Å². The van der Waals surface area contributed by atoms with Gasteiger partial charge in [0.05, 0.1) is 0 Å². The first kappa shape index (κ1) is 15.9. The summed E-state index contributed by atoms with van der Waals surface area (Å²) in [7, 11) is 0. The Balaban J connectivity index is 2.09. The summed E-state index contributed by atoms with van der Waals surface area (Å²) in [5, 5.41) is 0. The number of rotatable bonds is 6. The molecule has 0 heterocycles. The number of fused-ring (bicyclic) bond motifs is 1. The highest BCUT2D eigenvalue weighted by Gasteiger charge is 2.23. The van der Waals surface area contributed by atoms with Crippen LogP contribution in [-0.2, 0) is 17.6 Å². The summed E-state index contributed by atoms with van der Waals surface area (Å²) in [5.41, 5.74) is 2.83. The molecule has 0 bridgehead atoms. The van der Waals surface area contributed by atoms with E-state index in [9.17, 15) is 4.79 Å². The van der Waals surface area contributed by atoms with Crippen molar-refractivity contribution in [3.63, 3.8) is 0 Å². The Bertz CT molecular complexity index is 480. The van der Waals surface area contributed by atoms with Crippen LogP contribution in [0.3, 0.4) is 0 Å². The fourth-order valence-electron chi connectivity index (χ4n) is 2.99. The van der Waals surface area contributed by atoms with Crippen LogP contribution in [0.1, 0.15) is 51.2 Å². The van der Waals surface area contributed by atoms with Gasteiger partial charge in [-0.05, 0) is 69.2 Å². The topological polar surface area (TPSA) is 29.5 Å². The molecule has 0 saturated carbocycles. The number of ether oxygens (including phenoxy) is 1. The average Bonchev–Trinajstić information content (AvgIpc) is 2.53. The first-order valence-corrected chi connectivity index (χ1v) is 8.26. The molecule has 1 atom stereocenters. The van der Waals surface area contributed by atoms with Crippen molar-refractivity contribution in [2.45, 2.75) is 59.0 Å². The van der Waals surface area contributed by atoms with Crippen LogP contribution in [-0.4, -0.2) is 30.0 Å². The molecule has 0 spiro atoms. The van der Waals surface area contributed by atoms with E-state index in [4.69, 9.17) is 4.74 Å². The fourth-order valence-corrected chi connectivity index (χ4v) is 2.99. The van der Waals surface area contributed by atoms with Gasteiger partial charge in [0.1, 0.15) is 5.75 Å². The Morgan fingerprint density at radius 1 is 1.14 bits per heavy atom. The molecule has 116 valence electrons. The molecule has 1 aromatic carbocycles. The summed E-state index contributed by atoms with van der Waals surface area (Å²) in [5.74, 6) is 0.934. The molecule has 0 N–H and O–H groups in total. The summed E-state index contributed by atoms with van der Waals surface area (Å²) in [6.07, 6.45) is 5.17. The lowest BCUT2D eigenvalue weighted by atomic mass is 9.92. The molecule has 1 aliphatic carbocycles. The van der Waals surface area contributed by atoms with Crippen LogP contribution in [0.2, 0.25) is 0 Å². The predicted molar refractivity (Wildman–Crippen MR) is 85.7 cm³/mol. The van der Waals surface area contributed by atoms with Gasteiger partial charge in [0.15, 0.2) is 6.10 Å². The SMILES string of the molecule is CC[C@@H](Oc1ccc2c(c1)CCCC2)C(=O)N(CC)CC. The minimum atomic E-state index is -0.369. The Labute approximate surface area is 128 Å². The van der Waals surface area contributed by atoms with Gasteiger partial charge >= 0.3 is 0 Å². The predicted octanol–water partition coefficient (Wildman–Crippen LogP) is 3.59. The summed E-state index contributed by atoms with van der Waals surface area (Å²) < 4.78 is 5.98. The monoisotopic (exact) mass is 289 g/mol. The second kappa shape index (κ2) is 7.48. The highest BCUT2D eigenvalue weighted by molar-refractivity contribution is 5.81. The van der Waals surface area contributed by atoms with Crippen LogP contribution < -0.4 is 4.74 Å². The van der Waals surface area contributed by atoms with E-state index in [0.29, 0.717) is 6.42 Å². The van der Waals surface area contributed by atoms with Crippen molar-refractivity contribution < 1.29 is 9.53 Å². The normalized spacial score (nSPS) is 15.2. The van der Waals surface area contributed by atoms with Gasteiger partial charge in [0.25, 0.3) is 5.91 Å². The van der Waals surface area contributed by atoms with Crippen molar-refractivity contribution >= 4 is 5.91 Å². The highest BCUT2D eigenvalue weighted by Crippen LogP contribution is 2.26. The smallest absolute Gasteiger partial charge is 0.263 e. The average molecular weight is 289 g/mol. The molecule has 2 rings (SSSR count). The maximum atomic E-state index is 12.4. The molecule has 0 aromatic heterocycles. The Kier molecular flexibility index (Phi) is 5.66. The van der Waals surface area contributed by atoms with Crippen LogP contribution in [0.5, 0.6) is 5.75 Å². The molecule has 0 aliphatic heterocycles. The maximum absolute atomic E-state index is 12.4. The van der Waals surface area contributed by atoms with Gasteiger partial charge in [-0.3, -0.25) is 4.79 Å². The molecule has 3 nitrogen and oxygen atoms in total. The van der Waals surface area contributed by atoms with E-state index in [1.54, 1.807) is 0 Å². The summed E-state index contributed by atoms with van der Waals surface area (Å²) in [6.45, 7) is 7.49. The lowest BCUT2D eigenvalue weighted by Crippen LogP contribution is -2.41. The van der Waals surface area contributed by atoms with Crippen molar-refractivity contribution in [1.82, 2.24) is 4.90 Å². The third kappa shape index (κ3) is 3.78. The quantitative estimate of drug-likeness (QED) is 0.801. The van der Waals surface area contributed by atoms with Crippen LogP contribution in [0.15, 0.2) is 18.2 Å². The van der Waals surface area contributed by atoms with E-state index in [1.807, 2.05) is 31.7 Å². The van der Waals surface area contributed by atoms with Crippen LogP contribution in [0.4, 0.5) is 0 Å². The standard InChI is InChI=1S/C18H27NO2/c1-4-17(18(20)19(5-2)6-3)21-16-12-11-14-9-7-8-10-15(14)13-16/h11-13,17H,4-10H2,1-3H3/t17-/m1/s1. The largest absolute Gasteiger partial charge is 0.481 e. The molecular weight excluding hydrogens is 262 g/mol. The van der Waals surface area contributed by atoms with Crippen molar-refractivity contribution in [2.24, 2.45) is 0 Å². The van der Waals surface area contributed by atoms with Gasteiger partial charge in [-0.25, -0.2) is 0 Å². The third-order valence-corrected chi connectivity index (χ3v) is 4.32. The zero-order chi connectivity index (χ0) is 15.2. The van der Waals surface area contributed by atoms with Gasteiger partial charge in [-0.2, -0.15) is 0 Å². The summed E-state index contributed by atoms with van der Waals surface area (Å²) in [4.78, 5) is 14.3. The van der Waals surface area contributed by atoms with Crippen molar-refractivity contribution in [3.8, 4) is 5.75 Å². The number of likely N-dealkylation sites (N-methyl/N-ethyl adjacent to an activating group) is 1. The van der Waals surface area contributed by atoms with E-state index in [0.717, 1.165) is 25.3 Å². The van der Waals surface area contributed by atoms with Crippen molar-refractivity contribution in [3.05, 3.63) is 29.3 Å². The number of benzene rings is 1. The van der Waals surface area contributed by atoms with Gasteiger partial charge < -0.3 is 9.64 Å². The van der Waals surface area contributed by atoms with E-state index < -0.39 is 0 Å². The molecule has 1 aliphatic rings. The van der Waals surface area contributed by atoms with Gasteiger partial charge in [-0.1, -0.05) is 13.0 Å². The maximum Gasteiger partial charge on any atom is 0.263 e. The third-order valence-electron chi connectivity index (χ3n) is 4.32. The number of hydrogen-bond acceptors (Lipinski definition) is 2. The Morgan fingerprint density at radius 2 is 1.81 bits per heavy atom. The number of carbonyl (C=O) groups is 1. The minimum absolute atomic E-state index is 0.0974. The molecule has 0 saturated heterocycles. The zero-order valence-electron chi connectivity index (χ0n) is 13.5. The molecule has 0 fully saturated rings. The molecule has 21 heavy (non-hydrogen) atoms. The highest BCUT2D eigenvalue weighted by atomic mass is 16.5. The second-order valence-corrected chi connectivity index (χ2v) is 5.66.